The Morgan fingerprint density at radius 2 is 2.07 bits per heavy atom. The van der Waals surface area contributed by atoms with Gasteiger partial charge >= 0.3 is 0 Å². The molecule has 0 bridgehead atoms. The summed E-state index contributed by atoms with van der Waals surface area (Å²) < 4.78 is 0. The molecule has 0 saturated heterocycles. The highest BCUT2D eigenvalue weighted by Gasteiger charge is 2.19. The van der Waals surface area contributed by atoms with Gasteiger partial charge in [0.1, 0.15) is 5.82 Å². The predicted octanol–water partition coefficient (Wildman–Crippen LogP) is 1.72. The number of pyridine rings is 1. The number of nitrogens with zero attached hydrogens (tertiary/aromatic N) is 3. The zero-order chi connectivity index (χ0) is 11.5. The molecule has 1 aromatic heterocycles. The van der Waals surface area contributed by atoms with Crippen molar-refractivity contribution in [3.8, 4) is 0 Å². The van der Waals surface area contributed by atoms with Crippen LogP contribution >= 0.6 is 0 Å². The second-order valence-corrected chi connectivity index (χ2v) is 4.06. The van der Waals surface area contributed by atoms with Gasteiger partial charge in [-0.15, -0.1) is 0 Å². The molecule has 0 aliphatic carbocycles. The summed E-state index contributed by atoms with van der Waals surface area (Å²) in [6, 6.07) is 3.82. The van der Waals surface area contributed by atoms with Gasteiger partial charge in [0.15, 0.2) is 0 Å². The van der Waals surface area contributed by atoms with Gasteiger partial charge < -0.3 is 4.90 Å². The lowest BCUT2D eigenvalue weighted by atomic mass is 9.97. The van der Waals surface area contributed by atoms with Gasteiger partial charge in [-0.25, -0.2) is 9.78 Å². The molecule has 0 unspecified atom stereocenters. The molecule has 0 aliphatic rings. The Morgan fingerprint density at radius 1 is 1.40 bits per heavy atom. The average molecular weight is 205 g/mol. The highest BCUT2D eigenvalue weighted by atomic mass is 16.1. The number of aliphatic imine (C=N–C) groups is 1. The summed E-state index contributed by atoms with van der Waals surface area (Å²) in [5, 5.41) is 0. The van der Waals surface area contributed by atoms with Crippen LogP contribution in [0.3, 0.4) is 0 Å². The number of rotatable bonds is 3. The largest absolute Gasteiger partial charge is 0.363 e. The first kappa shape index (κ1) is 11.4. The van der Waals surface area contributed by atoms with Gasteiger partial charge in [-0.3, -0.25) is 0 Å². The summed E-state index contributed by atoms with van der Waals surface area (Å²) in [5.41, 5.74) is 0.344. The van der Waals surface area contributed by atoms with E-state index in [-0.39, 0.29) is 0 Å². The van der Waals surface area contributed by atoms with E-state index in [4.69, 9.17) is 0 Å². The van der Waals surface area contributed by atoms with Crippen LogP contribution in [0.15, 0.2) is 23.3 Å². The summed E-state index contributed by atoms with van der Waals surface area (Å²) in [4.78, 5) is 20.2. The SMILES string of the molecule is CN(C)c1ccc(C(C)(C)N=C=O)cn1. The standard InChI is InChI=1S/C11H15N3O/c1-11(2,13-8-15)9-5-6-10(12-7-9)14(3)4/h5-7H,1-4H3. The molecule has 4 heteroatoms. The van der Waals surface area contributed by atoms with Crippen molar-refractivity contribution in [3.63, 3.8) is 0 Å². The second-order valence-electron chi connectivity index (χ2n) is 4.06. The third-order valence-corrected chi connectivity index (χ3v) is 2.24. The molecular weight excluding hydrogens is 190 g/mol. The van der Waals surface area contributed by atoms with E-state index < -0.39 is 5.54 Å². The van der Waals surface area contributed by atoms with Crippen molar-refractivity contribution < 1.29 is 4.79 Å². The van der Waals surface area contributed by atoms with E-state index in [2.05, 4.69) is 9.98 Å². The topological polar surface area (TPSA) is 45.6 Å². The molecule has 0 atom stereocenters. The van der Waals surface area contributed by atoms with Gasteiger partial charge in [-0.1, -0.05) is 6.07 Å². The van der Waals surface area contributed by atoms with Gasteiger partial charge in [0.25, 0.3) is 0 Å². The summed E-state index contributed by atoms with van der Waals surface area (Å²) in [7, 11) is 3.85. The maximum absolute atomic E-state index is 10.2. The van der Waals surface area contributed by atoms with Crippen LogP contribution in [0.2, 0.25) is 0 Å². The monoisotopic (exact) mass is 205 g/mol. The fourth-order valence-corrected chi connectivity index (χ4v) is 1.19. The van der Waals surface area contributed by atoms with Crippen LogP contribution in [-0.4, -0.2) is 25.2 Å². The van der Waals surface area contributed by atoms with E-state index in [1.165, 1.54) is 0 Å². The molecular formula is C11H15N3O. The average Bonchev–Trinajstić information content (AvgIpc) is 2.18. The molecule has 0 amide bonds. The summed E-state index contributed by atoms with van der Waals surface area (Å²) in [6.45, 7) is 3.70. The zero-order valence-electron chi connectivity index (χ0n) is 9.48. The summed E-state index contributed by atoms with van der Waals surface area (Å²) in [6.07, 6.45) is 3.31. The van der Waals surface area contributed by atoms with E-state index in [9.17, 15) is 4.79 Å². The number of isocyanates is 1. The molecule has 4 nitrogen and oxygen atoms in total. The van der Waals surface area contributed by atoms with E-state index in [1.807, 2.05) is 45.0 Å². The Balaban J connectivity index is 3.03. The first-order chi connectivity index (χ1) is 6.97. The minimum absolute atomic E-state index is 0.556. The van der Waals surface area contributed by atoms with Crippen LogP contribution in [0.5, 0.6) is 0 Å². The molecule has 1 rings (SSSR count). The van der Waals surface area contributed by atoms with Crippen LogP contribution < -0.4 is 4.90 Å². The number of aromatic nitrogens is 1. The van der Waals surface area contributed by atoms with Crippen LogP contribution in [0.4, 0.5) is 5.82 Å². The third kappa shape index (κ3) is 2.64. The second kappa shape index (κ2) is 4.24. The molecule has 1 heterocycles. The number of hydrogen-bond acceptors (Lipinski definition) is 4. The molecule has 0 N–H and O–H groups in total. The fourth-order valence-electron chi connectivity index (χ4n) is 1.19. The quantitative estimate of drug-likeness (QED) is 0.557. The van der Waals surface area contributed by atoms with Crippen LogP contribution in [0.1, 0.15) is 19.4 Å². The fraction of sp³-hybridized carbons (Fsp3) is 0.455. The van der Waals surface area contributed by atoms with Crippen molar-refractivity contribution in [3.05, 3.63) is 23.9 Å². The van der Waals surface area contributed by atoms with Gasteiger partial charge in [0.2, 0.25) is 6.08 Å². The molecule has 0 aliphatic heterocycles. The van der Waals surface area contributed by atoms with Gasteiger partial charge in [0.05, 0.1) is 5.54 Å². The predicted molar refractivity (Wildman–Crippen MR) is 59.7 cm³/mol. The summed E-state index contributed by atoms with van der Waals surface area (Å²) >= 11 is 0. The molecule has 0 aromatic carbocycles. The lowest BCUT2D eigenvalue weighted by molar-refractivity contribution is 0.522. The first-order valence-corrected chi connectivity index (χ1v) is 4.70. The molecule has 0 radical (unpaired) electrons. The Bertz CT molecular complexity index is 375. The van der Waals surface area contributed by atoms with Crippen LogP contribution in [0, 0.1) is 0 Å². The van der Waals surface area contributed by atoms with E-state index in [0.29, 0.717) is 0 Å². The molecule has 80 valence electrons. The van der Waals surface area contributed by atoms with E-state index in [1.54, 1.807) is 12.3 Å². The Morgan fingerprint density at radius 3 is 2.47 bits per heavy atom. The molecule has 1 aromatic rings. The Labute approximate surface area is 89.7 Å². The summed E-state index contributed by atoms with van der Waals surface area (Å²) in [5.74, 6) is 0.879. The Hall–Kier alpha value is -1.67. The van der Waals surface area contributed by atoms with E-state index >= 15 is 0 Å². The number of hydrogen-bond donors (Lipinski definition) is 0. The van der Waals surface area contributed by atoms with Crippen molar-refractivity contribution in [1.29, 1.82) is 0 Å². The number of anilines is 1. The molecule has 0 spiro atoms. The smallest absolute Gasteiger partial charge is 0.235 e. The van der Waals surface area contributed by atoms with E-state index in [0.717, 1.165) is 11.4 Å². The van der Waals surface area contributed by atoms with Gasteiger partial charge in [-0.05, 0) is 25.5 Å². The van der Waals surface area contributed by atoms with Gasteiger partial charge in [0, 0.05) is 20.3 Å². The maximum Gasteiger partial charge on any atom is 0.235 e. The molecule has 15 heavy (non-hydrogen) atoms. The third-order valence-electron chi connectivity index (χ3n) is 2.24. The lowest BCUT2D eigenvalue weighted by Crippen LogP contribution is -2.15. The van der Waals surface area contributed by atoms with Crippen LogP contribution in [-0.2, 0) is 10.3 Å². The lowest BCUT2D eigenvalue weighted by Gasteiger charge is -2.18. The number of carbonyl (C=O) groups excluding carboxylic acids is 1. The van der Waals surface area contributed by atoms with Crippen molar-refractivity contribution >= 4 is 11.9 Å². The normalized spacial score (nSPS) is 10.7. The van der Waals surface area contributed by atoms with Crippen molar-refractivity contribution in [2.75, 3.05) is 19.0 Å². The highest BCUT2D eigenvalue weighted by molar-refractivity contribution is 5.41. The van der Waals surface area contributed by atoms with Crippen molar-refractivity contribution in [1.82, 2.24) is 4.98 Å². The minimum Gasteiger partial charge on any atom is -0.363 e. The minimum atomic E-state index is -0.556. The first-order valence-electron chi connectivity index (χ1n) is 4.70. The highest BCUT2D eigenvalue weighted by Crippen LogP contribution is 2.24. The van der Waals surface area contributed by atoms with Gasteiger partial charge in [-0.2, -0.15) is 4.99 Å². The zero-order valence-corrected chi connectivity index (χ0v) is 9.48. The molecule has 0 saturated carbocycles. The van der Waals surface area contributed by atoms with Crippen molar-refractivity contribution in [2.45, 2.75) is 19.4 Å². The molecule has 0 fully saturated rings. The van der Waals surface area contributed by atoms with Crippen molar-refractivity contribution in [2.24, 2.45) is 4.99 Å². The van der Waals surface area contributed by atoms with Crippen LogP contribution in [0.25, 0.3) is 0 Å². The Kier molecular flexibility index (Phi) is 3.22. The maximum atomic E-state index is 10.2.